The Morgan fingerprint density at radius 3 is 1.81 bits per heavy atom. The Bertz CT molecular complexity index is 967. The summed E-state index contributed by atoms with van der Waals surface area (Å²) in [5.41, 5.74) is 6.44. The number of benzene rings is 1. The number of carbonyl (C=O) groups excluding carboxylic acids is 3. The molecule has 0 aliphatic rings. The maximum absolute atomic E-state index is 12.8. The van der Waals surface area contributed by atoms with Gasteiger partial charge in [-0.1, -0.05) is 12.1 Å². The molecule has 0 saturated carbocycles. The molecule has 0 bridgehead atoms. The number of amides is 3. The predicted molar refractivity (Wildman–Crippen MR) is 119 cm³/mol. The number of aliphatic hydroxyl groups is 1. The molecular weight excluding hydrogens is 484 g/mol. The van der Waals surface area contributed by atoms with Gasteiger partial charge in [0.05, 0.1) is 19.1 Å². The molecule has 0 aliphatic heterocycles. The number of aliphatic carboxylic acids is 3. The zero-order chi connectivity index (χ0) is 27.4. The second-order valence-electron chi connectivity index (χ2n) is 7.71. The number of hydrogen-bond donors (Lipinski definition) is 9. The van der Waals surface area contributed by atoms with Crippen LogP contribution in [0.15, 0.2) is 24.3 Å². The van der Waals surface area contributed by atoms with Crippen LogP contribution in [0.1, 0.15) is 24.8 Å². The maximum atomic E-state index is 12.8. The molecule has 3 amide bonds. The van der Waals surface area contributed by atoms with Gasteiger partial charge in [-0.05, 0) is 30.5 Å². The number of phenols is 1. The molecule has 0 saturated heterocycles. The van der Waals surface area contributed by atoms with Gasteiger partial charge in [-0.3, -0.25) is 24.0 Å². The first kappa shape index (κ1) is 29.8. The largest absolute Gasteiger partial charge is 0.508 e. The van der Waals surface area contributed by atoms with Gasteiger partial charge in [-0.15, -0.1) is 0 Å². The minimum Gasteiger partial charge on any atom is -0.508 e. The van der Waals surface area contributed by atoms with Crippen molar-refractivity contribution in [2.75, 3.05) is 6.61 Å². The molecule has 0 radical (unpaired) electrons. The minimum absolute atomic E-state index is 0.00116. The van der Waals surface area contributed by atoms with E-state index in [0.717, 1.165) is 0 Å². The molecule has 1 aromatic rings. The van der Waals surface area contributed by atoms with E-state index in [2.05, 4.69) is 10.6 Å². The second-order valence-corrected chi connectivity index (χ2v) is 7.71. The lowest BCUT2D eigenvalue weighted by Crippen LogP contribution is -2.58. The molecule has 15 nitrogen and oxygen atoms in total. The lowest BCUT2D eigenvalue weighted by molar-refractivity contribution is -0.144. The van der Waals surface area contributed by atoms with Crippen LogP contribution >= 0.6 is 0 Å². The summed E-state index contributed by atoms with van der Waals surface area (Å²) in [5, 5.41) is 51.5. The van der Waals surface area contributed by atoms with Crippen LogP contribution in [-0.4, -0.2) is 91.9 Å². The van der Waals surface area contributed by atoms with E-state index in [-0.39, 0.29) is 12.2 Å². The Morgan fingerprint density at radius 1 is 0.778 bits per heavy atom. The van der Waals surface area contributed by atoms with Crippen molar-refractivity contribution in [3.63, 3.8) is 0 Å². The molecular formula is C21H28N4O11. The number of aliphatic hydroxyl groups excluding tert-OH is 1. The van der Waals surface area contributed by atoms with Crippen LogP contribution in [0.25, 0.3) is 0 Å². The number of hydrogen-bond acceptors (Lipinski definition) is 9. The molecule has 198 valence electrons. The topological polar surface area (TPSA) is 266 Å². The van der Waals surface area contributed by atoms with Crippen LogP contribution in [0.3, 0.4) is 0 Å². The fourth-order valence-electron chi connectivity index (χ4n) is 2.91. The van der Waals surface area contributed by atoms with E-state index in [1.165, 1.54) is 24.3 Å². The normalized spacial score (nSPS) is 13.9. The number of carboxylic acids is 3. The van der Waals surface area contributed by atoms with Crippen molar-refractivity contribution in [3.05, 3.63) is 29.8 Å². The van der Waals surface area contributed by atoms with Crippen molar-refractivity contribution in [1.82, 2.24) is 16.0 Å². The first-order chi connectivity index (χ1) is 16.8. The van der Waals surface area contributed by atoms with Crippen molar-refractivity contribution in [1.29, 1.82) is 0 Å². The number of nitrogens with one attached hydrogen (secondary N) is 3. The summed E-state index contributed by atoms with van der Waals surface area (Å²) < 4.78 is 0. The van der Waals surface area contributed by atoms with Crippen LogP contribution in [-0.2, 0) is 35.2 Å². The standard InChI is InChI=1S/C21H28N4O11/c22-12(7-10-1-3-11(27)4-2-10)18(32)23-13(5-6-16(28)29)19(33)24-14(8-17(30)31)20(34)25-15(9-26)21(35)36/h1-4,12-15,26-27H,5-9,22H2,(H,23,32)(H,24,33)(H,25,34)(H,28,29)(H,30,31)(H,35,36). The average Bonchev–Trinajstić information content (AvgIpc) is 2.79. The van der Waals surface area contributed by atoms with Gasteiger partial charge >= 0.3 is 17.9 Å². The molecule has 36 heavy (non-hydrogen) atoms. The third-order valence-electron chi connectivity index (χ3n) is 4.82. The Hall–Kier alpha value is -4.24. The Labute approximate surface area is 204 Å². The fraction of sp³-hybridized carbons (Fsp3) is 0.429. The Balaban J connectivity index is 2.98. The summed E-state index contributed by atoms with van der Waals surface area (Å²) in [5.74, 6) is -7.65. The molecule has 10 N–H and O–H groups in total. The summed E-state index contributed by atoms with van der Waals surface area (Å²) >= 11 is 0. The maximum Gasteiger partial charge on any atom is 0.328 e. The van der Waals surface area contributed by atoms with E-state index >= 15 is 0 Å². The molecule has 0 spiro atoms. The van der Waals surface area contributed by atoms with Gasteiger partial charge in [-0.25, -0.2) is 4.79 Å². The summed E-state index contributed by atoms with van der Waals surface area (Å²) in [6.45, 7) is -1.01. The number of nitrogens with two attached hydrogens (primary N) is 1. The van der Waals surface area contributed by atoms with Crippen molar-refractivity contribution in [2.24, 2.45) is 5.73 Å². The van der Waals surface area contributed by atoms with Crippen LogP contribution in [0.5, 0.6) is 5.75 Å². The first-order valence-electron chi connectivity index (χ1n) is 10.6. The van der Waals surface area contributed by atoms with E-state index in [9.17, 15) is 33.9 Å². The molecule has 0 fully saturated rings. The highest BCUT2D eigenvalue weighted by molar-refractivity contribution is 5.95. The molecule has 1 rings (SSSR count). The van der Waals surface area contributed by atoms with Gasteiger partial charge in [0.15, 0.2) is 0 Å². The average molecular weight is 512 g/mol. The van der Waals surface area contributed by atoms with Crippen molar-refractivity contribution < 1.29 is 54.3 Å². The Morgan fingerprint density at radius 2 is 1.31 bits per heavy atom. The van der Waals surface area contributed by atoms with E-state index in [1.54, 1.807) is 0 Å². The van der Waals surface area contributed by atoms with Gasteiger partial charge in [0.25, 0.3) is 0 Å². The van der Waals surface area contributed by atoms with Gasteiger partial charge in [0.1, 0.15) is 23.9 Å². The van der Waals surface area contributed by atoms with Crippen LogP contribution in [0, 0.1) is 0 Å². The summed E-state index contributed by atoms with van der Waals surface area (Å²) in [6.07, 6.45) is -1.99. The smallest absolute Gasteiger partial charge is 0.328 e. The van der Waals surface area contributed by atoms with E-state index in [1.807, 2.05) is 5.32 Å². The SMILES string of the molecule is NC(Cc1ccc(O)cc1)C(=O)NC(CCC(=O)O)C(=O)NC(CC(=O)O)C(=O)NC(CO)C(=O)O. The van der Waals surface area contributed by atoms with Crippen molar-refractivity contribution in [3.8, 4) is 5.75 Å². The zero-order valence-electron chi connectivity index (χ0n) is 18.9. The van der Waals surface area contributed by atoms with Crippen LogP contribution in [0.4, 0.5) is 0 Å². The lowest BCUT2D eigenvalue weighted by atomic mass is 10.0. The van der Waals surface area contributed by atoms with Gasteiger partial charge in [-0.2, -0.15) is 0 Å². The third-order valence-corrected chi connectivity index (χ3v) is 4.82. The molecule has 15 heteroatoms. The van der Waals surface area contributed by atoms with Crippen LogP contribution < -0.4 is 21.7 Å². The molecule has 4 unspecified atom stereocenters. The monoisotopic (exact) mass is 512 g/mol. The van der Waals surface area contributed by atoms with Gasteiger partial charge < -0.3 is 47.2 Å². The van der Waals surface area contributed by atoms with Crippen molar-refractivity contribution in [2.45, 2.75) is 49.9 Å². The van der Waals surface area contributed by atoms with E-state index in [0.29, 0.717) is 5.56 Å². The van der Waals surface area contributed by atoms with Crippen LogP contribution in [0.2, 0.25) is 0 Å². The molecule has 0 heterocycles. The number of carboxylic acid groups (broad SMARTS) is 3. The number of carbonyl (C=O) groups is 6. The summed E-state index contributed by atoms with van der Waals surface area (Å²) in [6, 6.07) is -0.508. The molecule has 0 aliphatic carbocycles. The van der Waals surface area contributed by atoms with Crippen molar-refractivity contribution >= 4 is 35.6 Å². The second kappa shape index (κ2) is 14.2. The quantitative estimate of drug-likeness (QED) is 0.115. The zero-order valence-corrected chi connectivity index (χ0v) is 18.9. The summed E-state index contributed by atoms with van der Waals surface area (Å²) in [4.78, 5) is 70.8. The Kier molecular flexibility index (Phi) is 11.8. The number of phenolic OH excluding ortho intramolecular Hbond substituents is 1. The molecule has 0 aromatic heterocycles. The lowest BCUT2D eigenvalue weighted by Gasteiger charge is -2.24. The minimum atomic E-state index is -1.81. The molecule has 1 aromatic carbocycles. The fourth-order valence-corrected chi connectivity index (χ4v) is 2.91. The highest BCUT2D eigenvalue weighted by Crippen LogP contribution is 2.11. The third kappa shape index (κ3) is 10.4. The van der Waals surface area contributed by atoms with Gasteiger partial charge in [0.2, 0.25) is 17.7 Å². The molecule has 4 atom stereocenters. The highest BCUT2D eigenvalue weighted by Gasteiger charge is 2.31. The predicted octanol–water partition coefficient (Wildman–Crippen LogP) is -2.87. The van der Waals surface area contributed by atoms with E-state index < -0.39 is 85.7 Å². The number of aromatic hydroxyl groups is 1. The summed E-state index contributed by atoms with van der Waals surface area (Å²) in [7, 11) is 0. The highest BCUT2D eigenvalue weighted by atomic mass is 16.4. The van der Waals surface area contributed by atoms with E-state index in [4.69, 9.17) is 26.2 Å². The van der Waals surface area contributed by atoms with Gasteiger partial charge in [0, 0.05) is 6.42 Å². The first-order valence-corrected chi connectivity index (χ1v) is 10.6. The number of rotatable bonds is 15.